The van der Waals surface area contributed by atoms with Crippen molar-refractivity contribution in [2.75, 3.05) is 4.90 Å². The van der Waals surface area contributed by atoms with Crippen LogP contribution in [-0.2, 0) is 5.41 Å². The van der Waals surface area contributed by atoms with Gasteiger partial charge in [0.2, 0.25) is 0 Å². The molecule has 1 aliphatic carbocycles. The molecule has 2 heterocycles. The van der Waals surface area contributed by atoms with Crippen LogP contribution in [0.5, 0.6) is 0 Å². The highest BCUT2D eigenvalue weighted by atomic mass is 32.2. The molecule has 0 unspecified atom stereocenters. The maximum Gasteiger partial charge on any atom is 0.193 e. The summed E-state index contributed by atoms with van der Waals surface area (Å²) in [5.74, 6) is 0.0700. The number of fused-ring (bicyclic) bond motifs is 10. The number of hydrogen-bond acceptors (Lipinski definition) is 3. The van der Waals surface area contributed by atoms with Gasteiger partial charge in [-0.1, -0.05) is 139 Å². The van der Waals surface area contributed by atoms with Gasteiger partial charge in [-0.05, 0) is 80.9 Å². The lowest BCUT2D eigenvalue weighted by Crippen LogP contribution is -2.43. The highest BCUT2D eigenvalue weighted by Crippen LogP contribution is 2.64. The van der Waals surface area contributed by atoms with Gasteiger partial charge in [-0.25, -0.2) is 0 Å². The van der Waals surface area contributed by atoms with Crippen LogP contribution in [0.3, 0.4) is 0 Å². The zero-order valence-corrected chi connectivity index (χ0v) is 26.2. The van der Waals surface area contributed by atoms with Gasteiger partial charge in [-0.2, -0.15) is 0 Å². The molecular weight excluding hydrogens is 591 g/mol. The smallest absolute Gasteiger partial charge is 0.193 e. The minimum Gasteiger partial charge on any atom is -0.308 e. The van der Waals surface area contributed by atoms with Crippen LogP contribution in [0, 0.1) is 0 Å². The van der Waals surface area contributed by atoms with Crippen LogP contribution in [0.4, 0.5) is 17.1 Å². The Bertz CT molecular complexity index is 2320. The molecule has 0 saturated heterocycles. The van der Waals surface area contributed by atoms with E-state index in [1.165, 1.54) is 32.3 Å². The Morgan fingerprint density at radius 2 is 0.957 bits per heavy atom. The second-order valence-corrected chi connectivity index (χ2v) is 13.5. The van der Waals surface area contributed by atoms with Crippen molar-refractivity contribution in [2.45, 2.75) is 15.2 Å². The zero-order chi connectivity index (χ0) is 31.1. The molecule has 2 nitrogen and oxygen atoms in total. The first kappa shape index (κ1) is 26.6. The Labute approximate surface area is 278 Å². The molecule has 0 saturated carbocycles. The standard InChI is InChI=1S/C44H27NOS/c46-43-32-26-30(28-12-3-1-4-13-28)22-24-34(32)44(35-25-23-31(27-33(35)43)29-14-5-2-6-15-29)36-16-7-8-18-38(36)45-39-19-9-10-20-40(39)47-41-21-11-17-37(44)42(41)45/h1-27H. The Balaban J connectivity index is 1.34. The second kappa shape index (κ2) is 9.93. The van der Waals surface area contributed by atoms with E-state index in [1.54, 1.807) is 0 Å². The lowest BCUT2D eigenvalue weighted by molar-refractivity contribution is 0.103. The highest BCUT2D eigenvalue weighted by Gasteiger charge is 2.53. The maximum absolute atomic E-state index is 14.9. The monoisotopic (exact) mass is 617 g/mol. The van der Waals surface area contributed by atoms with Gasteiger partial charge >= 0.3 is 0 Å². The summed E-state index contributed by atoms with van der Waals surface area (Å²) in [6.07, 6.45) is 0. The Kier molecular flexibility index (Phi) is 5.61. The van der Waals surface area contributed by atoms with Crippen molar-refractivity contribution in [1.29, 1.82) is 0 Å². The van der Waals surface area contributed by atoms with E-state index in [-0.39, 0.29) is 5.78 Å². The lowest BCUT2D eigenvalue weighted by atomic mass is 9.57. The number of anilines is 3. The van der Waals surface area contributed by atoms with Crippen molar-refractivity contribution in [3.05, 3.63) is 197 Å². The van der Waals surface area contributed by atoms with Crippen molar-refractivity contribution in [2.24, 2.45) is 0 Å². The molecule has 3 aliphatic rings. The Hall–Kier alpha value is -5.64. The fourth-order valence-corrected chi connectivity index (χ4v) is 9.19. The van der Waals surface area contributed by atoms with E-state index in [0.717, 1.165) is 50.2 Å². The predicted octanol–water partition coefficient (Wildman–Crippen LogP) is 11.2. The van der Waals surface area contributed by atoms with Crippen LogP contribution < -0.4 is 4.90 Å². The van der Waals surface area contributed by atoms with Crippen LogP contribution in [0.25, 0.3) is 22.3 Å². The van der Waals surface area contributed by atoms with Gasteiger partial charge in [-0.3, -0.25) is 4.79 Å². The summed E-state index contributed by atoms with van der Waals surface area (Å²) in [6.45, 7) is 0. The molecule has 0 radical (unpaired) electrons. The van der Waals surface area contributed by atoms with E-state index < -0.39 is 5.41 Å². The molecule has 220 valence electrons. The van der Waals surface area contributed by atoms with Crippen LogP contribution >= 0.6 is 11.8 Å². The lowest BCUT2D eigenvalue weighted by Gasteiger charge is -2.50. The molecule has 47 heavy (non-hydrogen) atoms. The molecule has 0 bridgehead atoms. The molecule has 0 N–H and O–H groups in total. The van der Waals surface area contributed by atoms with E-state index in [9.17, 15) is 4.79 Å². The molecule has 2 aliphatic heterocycles. The summed E-state index contributed by atoms with van der Waals surface area (Å²) < 4.78 is 0. The van der Waals surface area contributed by atoms with Gasteiger partial charge in [0.15, 0.2) is 5.78 Å². The van der Waals surface area contributed by atoms with E-state index in [2.05, 4.69) is 157 Å². The van der Waals surface area contributed by atoms with Crippen molar-refractivity contribution >= 4 is 34.6 Å². The minimum atomic E-state index is -0.700. The van der Waals surface area contributed by atoms with E-state index in [0.29, 0.717) is 0 Å². The summed E-state index contributed by atoms with van der Waals surface area (Å²) >= 11 is 1.83. The summed E-state index contributed by atoms with van der Waals surface area (Å²) in [4.78, 5) is 19.8. The number of hydrogen-bond donors (Lipinski definition) is 0. The van der Waals surface area contributed by atoms with Crippen LogP contribution in [0.1, 0.15) is 38.2 Å². The van der Waals surface area contributed by atoms with E-state index >= 15 is 0 Å². The van der Waals surface area contributed by atoms with E-state index in [4.69, 9.17) is 0 Å². The number of rotatable bonds is 2. The highest BCUT2D eigenvalue weighted by molar-refractivity contribution is 7.99. The number of carbonyl (C=O) groups excluding carboxylic acids is 1. The molecule has 3 heteroatoms. The van der Waals surface area contributed by atoms with Gasteiger partial charge in [0, 0.05) is 20.9 Å². The SMILES string of the molecule is O=C1c2cc(-c3ccccc3)ccc2C2(c3ccc(-c4ccccc4)cc31)c1ccccc1N1c3ccccc3Sc3cccc2c31. The van der Waals surface area contributed by atoms with Crippen LogP contribution in [0.2, 0.25) is 0 Å². The van der Waals surface area contributed by atoms with Gasteiger partial charge in [0.1, 0.15) is 0 Å². The Morgan fingerprint density at radius 3 is 1.62 bits per heavy atom. The molecule has 10 rings (SSSR count). The third-order valence-electron chi connectivity index (χ3n) is 10.1. The summed E-state index contributed by atoms with van der Waals surface area (Å²) in [5, 5.41) is 0. The number of ketones is 1. The van der Waals surface area contributed by atoms with Crippen molar-refractivity contribution in [3.63, 3.8) is 0 Å². The first-order chi connectivity index (χ1) is 23.2. The summed E-state index contributed by atoms with van der Waals surface area (Å²) in [7, 11) is 0. The zero-order valence-electron chi connectivity index (χ0n) is 25.4. The number of nitrogens with zero attached hydrogens (tertiary/aromatic N) is 1. The normalized spacial score (nSPS) is 14.5. The van der Waals surface area contributed by atoms with Gasteiger partial charge in [-0.15, -0.1) is 0 Å². The largest absolute Gasteiger partial charge is 0.308 e. The third-order valence-corrected chi connectivity index (χ3v) is 11.2. The molecule has 7 aromatic carbocycles. The summed E-state index contributed by atoms with van der Waals surface area (Å²) in [5.41, 5.74) is 13.1. The van der Waals surface area contributed by atoms with Crippen LogP contribution in [0.15, 0.2) is 174 Å². The topological polar surface area (TPSA) is 20.3 Å². The quantitative estimate of drug-likeness (QED) is 0.192. The first-order valence-corrected chi connectivity index (χ1v) is 16.8. The number of benzene rings is 7. The fourth-order valence-electron chi connectivity index (χ4n) is 8.10. The van der Waals surface area contributed by atoms with Gasteiger partial charge in [0.05, 0.1) is 22.5 Å². The minimum absolute atomic E-state index is 0.0700. The molecule has 0 aromatic heterocycles. The second-order valence-electron chi connectivity index (χ2n) is 12.4. The molecule has 0 amide bonds. The van der Waals surface area contributed by atoms with Gasteiger partial charge < -0.3 is 4.90 Å². The molecule has 0 atom stereocenters. The van der Waals surface area contributed by atoms with Crippen LogP contribution in [-0.4, -0.2) is 5.78 Å². The predicted molar refractivity (Wildman–Crippen MR) is 191 cm³/mol. The number of carbonyl (C=O) groups is 1. The molecule has 0 fully saturated rings. The molecule has 1 spiro atoms. The third kappa shape index (κ3) is 3.60. The molecule has 7 aromatic rings. The van der Waals surface area contributed by atoms with E-state index in [1.807, 2.05) is 23.9 Å². The first-order valence-electron chi connectivity index (χ1n) is 16.0. The van der Waals surface area contributed by atoms with Crippen molar-refractivity contribution < 1.29 is 4.79 Å². The maximum atomic E-state index is 14.9. The average Bonchev–Trinajstić information content (AvgIpc) is 3.15. The Morgan fingerprint density at radius 1 is 0.426 bits per heavy atom. The van der Waals surface area contributed by atoms with Crippen molar-refractivity contribution in [1.82, 2.24) is 0 Å². The van der Waals surface area contributed by atoms with Crippen molar-refractivity contribution in [3.8, 4) is 22.3 Å². The van der Waals surface area contributed by atoms with Gasteiger partial charge in [0.25, 0.3) is 0 Å². The summed E-state index contributed by atoms with van der Waals surface area (Å²) in [6, 6.07) is 58.0. The average molecular weight is 618 g/mol. The molecular formula is C44H27NOS. The fraction of sp³-hybridized carbons (Fsp3) is 0.0227. The number of para-hydroxylation sites is 3.